The minimum absolute atomic E-state index is 0.345. The predicted molar refractivity (Wildman–Crippen MR) is 81.9 cm³/mol. The minimum atomic E-state index is 0.345. The van der Waals surface area contributed by atoms with E-state index in [2.05, 4.69) is 43.4 Å². The lowest BCUT2D eigenvalue weighted by molar-refractivity contribution is 0.414. The minimum Gasteiger partial charge on any atom is -0.497 e. The molecule has 0 spiro atoms. The molecule has 0 saturated heterocycles. The lowest BCUT2D eigenvalue weighted by Gasteiger charge is -2.14. The summed E-state index contributed by atoms with van der Waals surface area (Å²) >= 11 is 1.89. The van der Waals surface area contributed by atoms with Crippen LogP contribution in [0.15, 0.2) is 36.4 Å². The smallest absolute Gasteiger partial charge is 0.118 e. The van der Waals surface area contributed by atoms with Crippen LogP contribution in [0.3, 0.4) is 0 Å². The van der Waals surface area contributed by atoms with Gasteiger partial charge >= 0.3 is 0 Å². The summed E-state index contributed by atoms with van der Waals surface area (Å²) in [5.74, 6) is 0.904. The van der Waals surface area contributed by atoms with Gasteiger partial charge in [0.2, 0.25) is 0 Å². The summed E-state index contributed by atoms with van der Waals surface area (Å²) in [5.41, 5.74) is 1.29. The molecular formula is C16H21NOS. The van der Waals surface area contributed by atoms with Gasteiger partial charge in [0.05, 0.1) is 7.11 Å². The topological polar surface area (TPSA) is 21.3 Å². The summed E-state index contributed by atoms with van der Waals surface area (Å²) in [6, 6.07) is 13.0. The van der Waals surface area contributed by atoms with Crippen molar-refractivity contribution in [3.05, 3.63) is 51.7 Å². The van der Waals surface area contributed by atoms with Gasteiger partial charge in [0.1, 0.15) is 5.75 Å². The standard InChI is InChI=1S/C16H21NOS/c1-4-15-9-10-16(19-15)11-17-12(2)13-5-7-14(18-3)8-6-13/h5-10,12,17H,4,11H2,1-3H3. The third-order valence-corrected chi connectivity index (χ3v) is 4.49. The highest BCUT2D eigenvalue weighted by Gasteiger charge is 2.06. The number of hydrogen-bond donors (Lipinski definition) is 1. The molecule has 1 unspecified atom stereocenters. The van der Waals surface area contributed by atoms with Crippen LogP contribution in [0.1, 0.15) is 35.2 Å². The van der Waals surface area contributed by atoms with Gasteiger partial charge in [0, 0.05) is 22.3 Å². The maximum Gasteiger partial charge on any atom is 0.118 e. The quantitative estimate of drug-likeness (QED) is 0.854. The molecule has 102 valence electrons. The zero-order valence-corrected chi connectivity index (χ0v) is 12.6. The van der Waals surface area contributed by atoms with Crippen molar-refractivity contribution < 1.29 is 4.74 Å². The summed E-state index contributed by atoms with van der Waals surface area (Å²) in [6.45, 7) is 5.32. The van der Waals surface area contributed by atoms with Crippen molar-refractivity contribution in [1.29, 1.82) is 0 Å². The Balaban J connectivity index is 1.90. The Kier molecular flexibility index (Phi) is 5.00. The first kappa shape index (κ1) is 14.1. The Morgan fingerprint density at radius 3 is 2.37 bits per heavy atom. The number of thiophene rings is 1. The third-order valence-electron chi connectivity index (χ3n) is 3.26. The van der Waals surface area contributed by atoms with Crippen molar-refractivity contribution in [3.63, 3.8) is 0 Å². The van der Waals surface area contributed by atoms with Crippen LogP contribution in [0, 0.1) is 0 Å². The van der Waals surface area contributed by atoms with Gasteiger partial charge in [-0.15, -0.1) is 11.3 Å². The Hall–Kier alpha value is -1.32. The highest BCUT2D eigenvalue weighted by molar-refractivity contribution is 7.11. The fourth-order valence-electron chi connectivity index (χ4n) is 1.97. The Morgan fingerprint density at radius 1 is 1.11 bits per heavy atom. The molecule has 2 nitrogen and oxygen atoms in total. The van der Waals surface area contributed by atoms with E-state index in [1.807, 2.05) is 23.5 Å². The molecule has 2 aromatic rings. The number of hydrogen-bond acceptors (Lipinski definition) is 3. The van der Waals surface area contributed by atoms with Gasteiger partial charge < -0.3 is 10.1 Å². The van der Waals surface area contributed by atoms with Crippen LogP contribution in [0.25, 0.3) is 0 Å². The van der Waals surface area contributed by atoms with Gasteiger partial charge in [0.15, 0.2) is 0 Å². The summed E-state index contributed by atoms with van der Waals surface area (Å²) in [4.78, 5) is 2.85. The van der Waals surface area contributed by atoms with Gasteiger partial charge in [0.25, 0.3) is 0 Å². The molecule has 1 N–H and O–H groups in total. The summed E-state index contributed by atoms with van der Waals surface area (Å²) in [5, 5.41) is 3.56. The zero-order valence-electron chi connectivity index (χ0n) is 11.8. The molecule has 1 aromatic heterocycles. The zero-order chi connectivity index (χ0) is 13.7. The van der Waals surface area contributed by atoms with Gasteiger partial charge in [-0.3, -0.25) is 0 Å². The van der Waals surface area contributed by atoms with E-state index < -0.39 is 0 Å². The number of methoxy groups -OCH3 is 1. The SMILES string of the molecule is CCc1ccc(CNC(C)c2ccc(OC)cc2)s1. The van der Waals surface area contributed by atoms with E-state index in [1.165, 1.54) is 15.3 Å². The van der Waals surface area contributed by atoms with Gasteiger partial charge in [-0.25, -0.2) is 0 Å². The second kappa shape index (κ2) is 6.73. The van der Waals surface area contributed by atoms with Crippen molar-refractivity contribution in [3.8, 4) is 5.75 Å². The van der Waals surface area contributed by atoms with Crippen molar-refractivity contribution in [2.75, 3.05) is 7.11 Å². The molecular weight excluding hydrogens is 254 g/mol. The van der Waals surface area contributed by atoms with Crippen LogP contribution in [-0.4, -0.2) is 7.11 Å². The van der Waals surface area contributed by atoms with Crippen molar-refractivity contribution in [2.45, 2.75) is 32.9 Å². The van der Waals surface area contributed by atoms with E-state index in [-0.39, 0.29) is 0 Å². The molecule has 1 heterocycles. The first-order valence-electron chi connectivity index (χ1n) is 6.68. The number of rotatable bonds is 6. The van der Waals surface area contributed by atoms with Crippen LogP contribution >= 0.6 is 11.3 Å². The average molecular weight is 275 g/mol. The van der Waals surface area contributed by atoms with Crippen LogP contribution in [-0.2, 0) is 13.0 Å². The van der Waals surface area contributed by atoms with E-state index in [0.29, 0.717) is 6.04 Å². The number of ether oxygens (including phenoxy) is 1. The molecule has 0 aliphatic carbocycles. The van der Waals surface area contributed by atoms with E-state index in [9.17, 15) is 0 Å². The first-order valence-corrected chi connectivity index (χ1v) is 7.49. The molecule has 3 heteroatoms. The lowest BCUT2D eigenvalue weighted by atomic mass is 10.1. The number of nitrogens with one attached hydrogen (secondary N) is 1. The summed E-state index contributed by atoms with van der Waals surface area (Å²) in [7, 11) is 1.69. The third kappa shape index (κ3) is 3.82. The molecule has 0 aliphatic heterocycles. The Morgan fingerprint density at radius 2 is 1.79 bits per heavy atom. The predicted octanol–water partition coefficient (Wildman–Crippen LogP) is 4.17. The van der Waals surface area contributed by atoms with Crippen molar-refractivity contribution >= 4 is 11.3 Å². The van der Waals surface area contributed by atoms with E-state index in [4.69, 9.17) is 4.74 Å². The molecule has 1 aromatic carbocycles. The number of aryl methyl sites for hydroxylation is 1. The normalized spacial score (nSPS) is 12.4. The molecule has 0 bridgehead atoms. The summed E-state index contributed by atoms with van der Waals surface area (Å²) in [6.07, 6.45) is 1.12. The van der Waals surface area contributed by atoms with Crippen LogP contribution in [0.5, 0.6) is 5.75 Å². The van der Waals surface area contributed by atoms with E-state index in [0.717, 1.165) is 18.7 Å². The van der Waals surface area contributed by atoms with Crippen LogP contribution < -0.4 is 10.1 Å². The molecule has 0 radical (unpaired) electrons. The average Bonchev–Trinajstić information content (AvgIpc) is 2.93. The fraction of sp³-hybridized carbons (Fsp3) is 0.375. The van der Waals surface area contributed by atoms with Crippen molar-refractivity contribution in [2.24, 2.45) is 0 Å². The van der Waals surface area contributed by atoms with Crippen LogP contribution in [0.4, 0.5) is 0 Å². The first-order chi connectivity index (χ1) is 9.22. The van der Waals surface area contributed by atoms with E-state index >= 15 is 0 Å². The lowest BCUT2D eigenvalue weighted by Crippen LogP contribution is -2.17. The molecule has 1 atom stereocenters. The molecule has 0 aliphatic rings. The molecule has 0 fully saturated rings. The molecule has 19 heavy (non-hydrogen) atoms. The molecule has 2 rings (SSSR count). The monoisotopic (exact) mass is 275 g/mol. The maximum absolute atomic E-state index is 5.17. The van der Waals surface area contributed by atoms with Crippen LogP contribution in [0.2, 0.25) is 0 Å². The Labute approximate surface area is 119 Å². The Bertz CT molecular complexity index is 504. The second-order valence-electron chi connectivity index (χ2n) is 4.60. The maximum atomic E-state index is 5.17. The van der Waals surface area contributed by atoms with Gasteiger partial charge in [-0.05, 0) is 43.2 Å². The molecule has 0 saturated carbocycles. The van der Waals surface area contributed by atoms with E-state index in [1.54, 1.807) is 7.11 Å². The van der Waals surface area contributed by atoms with Gasteiger partial charge in [-0.2, -0.15) is 0 Å². The summed E-state index contributed by atoms with van der Waals surface area (Å²) < 4.78 is 5.17. The van der Waals surface area contributed by atoms with Crippen molar-refractivity contribution in [1.82, 2.24) is 5.32 Å². The number of benzene rings is 1. The highest BCUT2D eigenvalue weighted by atomic mass is 32.1. The largest absolute Gasteiger partial charge is 0.497 e. The van der Waals surface area contributed by atoms with Gasteiger partial charge in [-0.1, -0.05) is 19.1 Å². The fourth-order valence-corrected chi connectivity index (χ4v) is 2.88. The molecule has 0 amide bonds. The highest BCUT2D eigenvalue weighted by Crippen LogP contribution is 2.20. The second-order valence-corrected chi connectivity index (χ2v) is 5.85.